The van der Waals surface area contributed by atoms with Crippen molar-refractivity contribution >= 4 is 0 Å². The van der Waals surface area contributed by atoms with Crippen LogP contribution in [0, 0.1) is 5.92 Å². The molecule has 0 bridgehead atoms. The number of hydrogen-bond donors (Lipinski definition) is 0. The van der Waals surface area contributed by atoms with E-state index in [0.717, 1.165) is 12.0 Å². The van der Waals surface area contributed by atoms with E-state index in [1.54, 1.807) is 12.1 Å². The highest BCUT2D eigenvalue weighted by atomic mass is 19.4. The predicted molar refractivity (Wildman–Crippen MR) is 63.3 cm³/mol. The van der Waals surface area contributed by atoms with Crippen LogP contribution in [-0.4, -0.2) is 10.1 Å². The Balaban J connectivity index is 2.39. The Labute approximate surface area is 108 Å². The summed E-state index contributed by atoms with van der Waals surface area (Å²) < 4.78 is 41.6. The van der Waals surface area contributed by atoms with Gasteiger partial charge in [0, 0.05) is 5.56 Å². The van der Waals surface area contributed by atoms with E-state index in [4.69, 9.17) is 0 Å². The lowest BCUT2D eigenvalue weighted by Crippen LogP contribution is -2.05. The first-order valence-corrected chi connectivity index (χ1v) is 5.87. The van der Waals surface area contributed by atoms with Crippen LogP contribution in [0.4, 0.5) is 13.2 Å². The van der Waals surface area contributed by atoms with Gasteiger partial charge in [-0.3, -0.25) is 0 Å². The number of aromatic nitrogens is 2. The fraction of sp³-hybridized carbons (Fsp3) is 0.385. The van der Waals surface area contributed by atoms with Gasteiger partial charge in [-0.2, -0.15) is 18.2 Å². The van der Waals surface area contributed by atoms with Gasteiger partial charge in [-0.15, -0.1) is 0 Å². The molecule has 0 aliphatic rings. The molecule has 19 heavy (non-hydrogen) atoms. The number of hydrogen-bond acceptors (Lipinski definition) is 3. The normalized spacial score (nSPS) is 12.1. The first-order chi connectivity index (χ1) is 8.88. The number of benzene rings is 1. The summed E-state index contributed by atoms with van der Waals surface area (Å²) in [6.45, 7) is 4.07. The summed E-state index contributed by atoms with van der Waals surface area (Å²) in [5.74, 6) is -0.958. The standard InChI is InChI=1S/C13H13F3N2O/c1-8(2)7-9-5-3-4-6-10(9)11-17-12(19-18-11)13(14,15)16/h3-6,8H,7H2,1-2H3. The van der Waals surface area contributed by atoms with E-state index in [2.05, 4.69) is 14.7 Å². The molecule has 0 unspecified atom stereocenters. The predicted octanol–water partition coefficient (Wildman–Crippen LogP) is 3.95. The van der Waals surface area contributed by atoms with Crippen molar-refractivity contribution in [2.45, 2.75) is 26.4 Å². The molecule has 3 nitrogen and oxygen atoms in total. The van der Waals surface area contributed by atoms with Crippen LogP contribution >= 0.6 is 0 Å². The quantitative estimate of drug-likeness (QED) is 0.847. The molecular weight excluding hydrogens is 257 g/mol. The van der Waals surface area contributed by atoms with Crippen molar-refractivity contribution in [1.29, 1.82) is 0 Å². The second-order valence-electron chi connectivity index (χ2n) is 4.68. The molecule has 1 aromatic carbocycles. The van der Waals surface area contributed by atoms with Gasteiger partial charge < -0.3 is 4.52 Å². The van der Waals surface area contributed by atoms with Crippen LogP contribution in [0.15, 0.2) is 28.8 Å². The fourth-order valence-electron chi connectivity index (χ4n) is 1.80. The summed E-state index contributed by atoms with van der Waals surface area (Å²) in [6.07, 6.45) is -3.87. The highest BCUT2D eigenvalue weighted by Crippen LogP contribution is 2.30. The van der Waals surface area contributed by atoms with Gasteiger partial charge in [0.25, 0.3) is 0 Å². The van der Waals surface area contributed by atoms with Crippen molar-refractivity contribution in [3.05, 3.63) is 35.7 Å². The lowest BCUT2D eigenvalue weighted by atomic mass is 9.98. The highest BCUT2D eigenvalue weighted by molar-refractivity contribution is 5.59. The van der Waals surface area contributed by atoms with Crippen LogP contribution in [0.3, 0.4) is 0 Å². The molecule has 1 heterocycles. The second kappa shape index (κ2) is 5.03. The van der Waals surface area contributed by atoms with Gasteiger partial charge in [-0.1, -0.05) is 43.3 Å². The van der Waals surface area contributed by atoms with Crippen molar-refractivity contribution in [1.82, 2.24) is 10.1 Å². The first-order valence-electron chi connectivity index (χ1n) is 5.87. The van der Waals surface area contributed by atoms with Crippen molar-refractivity contribution < 1.29 is 17.7 Å². The maximum absolute atomic E-state index is 12.4. The van der Waals surface area contributed by atoms with E-state index in [1.807, 2.05) is 26.0 Å². The maximum Gasteiger partial charge on any atom is 0.471 e. The minimum absolute atomic E-state index is 0.0245. The molecule has 0 spiro atoms. The lowest BCUT2D eigenvalue weighted by molar-refractivity contribution is -0.159. The van der Waals surface area contributed by atoms with Gasteiger partial charge in [0.05, 0.1) is 0 Å². The zero-order valence-corrected chi connectivity index (χ0v) is 10.5. The number of nitrogens with zero attached hydrogens (tertiary/aromatic N) is 2. The summed E-state index contributed by atoms with van der Waals surface area (Å²) in [5.41, 5.74) is 1.49. The van der Waals surface area contributed by atoms with E-state index in [1.165, 1.54) is 0 Å². The molecule has 0 N–H and O–H groups in total. The minimum atomic E-state index is -4.61. The maximum atomic E-state index is 12.4. The Morgan fingerprint density at radius 2 is 1.89 bits per heavy atom. The average Bonchev–Trinajstić information content (AvgIpc) is 2.77. The molecule has 0 saturated heterocycles. The molecule has 2 aromatic rings. The third kappa shape index (κ3) is 3.13. The van der Waals surface area contributed by atoms with E-state index in [0.29, 0.717) is 11.5 Å². The van der Waals surface area contributed by atoms with E-state index < -0.39 is 12.1 Å². The van der Waals surface area contributed by atoms with Crippen LogP contribution in [0.5, 0.6) is 0 Å². The SMILES string of the molecule is CC(C)Cc1ccccc1-c1noc(C(F)(F)F)n1. The van der Waals surface area contributed by atoms with Crippen LogP contribution < -0.4 is 0 Å². The zero-order chi connectivity index (χ0) is 14.0. The Morgan fingerprint density at radius 1 is 1.21 bits per heavy atom. The smallest absolute Gasteiger partial charge is 0.329 e. The van der Waals surface area contributed by atoms with E-state index >= 15 is 0 Å². The summed E-state index contributed by atoms with van der Waals surface area (Å²) in [5, 5.41) is 3.41. The van der Waals surface area contributed by atoms with E-state index in [-0.39, 0.29) is 5.82 Å². The van der Waals surface area contributed by atoms with Crippen molar-refractivity contribution in [2.24, 2.45) is 5.92 Å². The largest absolute Gasteiger partial charge is 0.471 e. The number of alkyl halides is 3. The Kier molecular flexibility index (Phi) is 3.59. The lowest BCUT2D eigenvalue weighted by Gasteiger charge is -2.08. The van der Waals surface area contributed by atoms with Gasteiger partial charge in [-0.25, -0.2) is 0 Å². The molecule has 0 saturated carbocycles. The summed E-state index contributed by atoms with van der Waals surface area (Å²) in [6, 6.07) is 7.14. The highest BCUT2D eigenvalue weighted by Gasteiger charge is 2.38. The topological polar surface area (TPSA) is 38.9 Å². The second-order valence-corrected chi connectivity index (χ2v) is 4.68. The Bertz CT molecular complexity index is 561. The van der Waals surface area contributed by atoms with Crippen molar-refractivity contribution in [2.75, 3.05) is 0 Å². The van der Waals surface area contributed by atoms with Crippen molar-refractivity contribution in [3.63, 3.8) is 0 Å². The molecular formula is C13H13F3N2O. The number of rotatable bonds is 3. The molecule has 6 heteroatoms. The zero-order valence-electron chi connectivity index (χ0n) is 10.5. The fourth-order valence-corrected chi connectivity index (χ4v) is 1.80. The molecule has 0 atom stereocenters. The third-order valence-electron chi connectivity index (χ3n) is 2.55. The monoisotopic (exact) mass is 270 g/mol. The van der Waals surface area contributed by atoms with Gasteiger partial charge >= 0.3 is 12.1 Å². The summed E-state index contributed by atoms with van der Waals surface area (Å²) in [7, 11) is 0. The molecule has 0 aliphatic heterocycles. The first kappa shape index (κ1) is 13.6. The molecule has 2 rings (SSSR count). The summed E-state index contributed by atoms with van der Waals surface area (Å²) >= 11 is 0. The minimum Gasteiger partial charge on any atom is -0.329 e. The van der Waals surface area contributed by atoms with Crippen LogP contribution in [0.1, 0.15) is 25.3 Å². The van der Waals surface area contributed by atoms with Gasteiger partial charge in [0.2, 0.25) is 5.82 Å². The van der Waals surface area contributed by atoms with Crippen molar-refractivity contribution in [3.8, 4) is 11.4 Å². The molecule has 0 radical (unpaired) electrons. The molecule has 0 aliphatic carbocycles. The number of halogens is 3. The van der Waals surface area contributed by atoms with E-state index in [9.17, 15) is 13.2 Å². The Hall–Kier alpha value is -1.85. The van der Waals surface area contributed by atoms with Crippen LogP contribution in [0.25, 0.3) is 11.4 Å². The van der Waals surface area contributed by atoms with Crippen LogP contribution in [0.2, 0.25) is 0 Å². The molecule has 1 aromatic heterocycles. The van der Waals surface area contributed by atoms with Crippen LogP contribution in [-0.2, 0) is 12.6 Å². The summed E-state index contributed by atoms with van der Waals surface area (Å²) in [4.78, 5) is 3.42. The molecule has 102 valence electrons. The molecule has 0 fully saturated rings. The Morgan fingerprint density at radius 3 is 2.47 bits per heavy atom. The molecule has 0 amide bonds. The third-order valence-corrected chi connectivity index (χ3v) is 2.55. The van der Waals surface area contributed by atoms with Gasteiger partial charge in [0.15, 0.2) is 0 Å². The van der Waals surface area contributed by atoms with Gasteiger partial charge in [0.1, 0.15) is 0 Å². The van der Waals surface area contributed by atoms with Gasteiger partial charge in [-0.05, 0) is 17.9 Å². The average molecular weight is 270 g/mol.